The van der Waals surface area contributed by atoms with Gasteiger partial charge in [0.05, 0.1) is 18.6 Å². The molecule has 0 heterocycles. The predicted molar refractivity (Wildman–Crippen MR) is 64.7 cm³/mol. The molecular weight excluding hydrogens is 235 g/mol. The van der Waals surface area contributed by atoms with Gasteiger partial charge in [-0.15, -0.1) is 0 Å². The molecule has 4 heteroatoms. The van der Waals surface area contributed by atoms with Crippen molar-refractivity contribution in [2.24, 2.45) is 0 Å². The molecule has 0 bridgehead atoms. The number of methoxy groups -OCH3 is 1. The van der Waals surface area contributed by atoms with E-state index in [9.17, 15) is 14.3 Å². The Labute approximate surface area is 106 Å². The second-order valence-electron chi connectivity index (χ2n) is 4.88. The number of carbonyl (C=O) groups excluding carboxylic acids is 1. The quantitative estimate of drug-likeness (QED) is 0.820. The second-order valence-corrected chi connectivity index (χ2v) is 4.88. The van der Waals surface area contributed by atoms with E-state index in [1.807, 2.05) is 0 Å². The van der Waals surface area contributed by atoms with Gasteiger partial charge in [0.15, 0.2) is 0 Å². The molecule has 0 spiro atoms. The maximum absolute atomic E-state index is 13.7. The van der Waals surface area contributed by atoms with Crippen molar-refractivity contribution in [1.82, 2.24) is 0 Å². The van der Waals surface area contributed by atoms with E-state index in [0.29, 0.717) is 30.4 Å². The normalized spacial score (nSPS) is 27.2. The fourth-order valence-corrected chi connectivity index (χ4v) is 2.88. The topological polar surface area (TPSA) is 46.5 Å². The van der Waals surface area contributed by atoms with Gasteiger partial charge >= 0.3 is 5.97 Å². The van der Waals surface area contributed by atoms with Crippen LogP contribution in [-0.2, 0) is 14.9 Å². The van der Waals surface area contributed by atoms with Gasteiger partial charge in [0, 0.05) is 0 Å². The summed E-state index contributed by atoms with van der Waals surface area (Å²) in [6, 6.07) is 4.70. The Hall–Kier alpha value is -1.42. The lowest BCUT2D eigenvalue weighted by molar-refractivity contribution is -0.147. The zero-order valence-electron chi connectivity index (χ0n) is 10.6. The van der Waals surface area contributed by atoms with Crippen molar-refractivity contribution in [1.29, 1.82) is 0 Å². The van der Waals surface area contributed by atoms with E-state index >= 15 is 0 Å². The molecule has 0 radical (unpaired) electrons. The predicted octanol–water partition coefficient (Wildman–Crippen LogP) is 2.09. The first-order valence-corrected chi connectivity index (χ1v) is 6.03. The third-order valence-electron chi connectivity index (χ3n) is 3.85. The minimum atomic E-state index is -0.902. The first-order valence-electron chi connectivity index (χ1n) is 6.03. The number of aliphatic hydroxyl groups excluding tert-OH is 1. The Morgan fingerprint density at radius 2 is 2.28 bits per heavy atom. The monoisotopic (exact) mass is 252 g/mol. The summed E-state index contributed by atoms with van der Waals surface area (Å²) in [5, 5.41) is 9.73. The molecule has 0 aromatic heterocycles. The van der Waals surface area contributed by atoms with Gasteiger partial charge in [-0.05, 0) is 43.4 Å². The number of rotatable bonds is 2. The van der Waals surface area contributed by atoms with Gasteiger partial charge in [0.25, 0.3) is 0 Å². The largest absolute Gasteiger partial charge is 0.468 e. The molecule has 0 amide bonds. The van der Waals surface area contributed by atoms with Crippen LogP contribution >= 0.6 is 0 Å². The Kier molecular flexibility index (Phi) is 3.39. The van der Waals surface area contributed by atoms with Crippen molar-refractivity contribution < 1.29 is 19.0 Å². The molecule has 98 valence electrons. The van der Waals surface area contributed by atoms with Crippen LogP contribution in [0.25, 0.3) is 0 Å². The van der Waals surface area contributed by atoms with E-state index in [0.717, 1.165) is 0 Å². The van der Waals surface area contributed by atoms with Crippen molar-refractivity contribution in [3.05, 3.63) is 35.1 Å². The van der Waals surface area contributed by atoms with E-state index < -0.39 is 17.5 Å². The van der Waals surface area contributed by atoms with Gasteiger partial charge in [0.1, 0.15) is 5.82 Å². The van der Waals surface area contributed by atoms with Crippen LogP contribution in [0.4, 0.5) is 4.39 Å². The van der Waals surface area contributed by atoms with E-state index in [1.165, 1.54) is 13.2 Å². The molecule has 1 aliphatic rings. The molecule has 1 aromatic rings. The molecular formula is C14H17FO3. The standard InChI is InChI=1S/C14H17FO3/c1-9-11(4-3-5-12(9)15)14(13(17)18-2)7-6-10(16)8-14/h3-5,10,16H,6-8H2,1-2H3. The molecule has 0 aliphatic heterocycles. The maximum atomic E-state index is 13.7. The summed E-state index contributed by atoms with van der Waals surface area (Å²) in [5.74, 6) is -0.732. The van der Waals surface area contributed by atoms with Gasteiger partial charge in [-0.3, -0.25) is 4.79 Å². The number of ether oxygens (including phenoxy) is 1. The van der Waals surface area contributed by atoms with E-state index in [1.54, 1.807) is 19.1 Å². The molecule has 1 saturated carbocycles. The van der Waals surface area contributed by atoms with Crippen LogP contribution in [0.3, 0.4) is 0 Å². The van der Waals surface area contributed by atoms with Gasteiger partial charge in [-0.25, -0.2) is 4.39 Å². The van der Waals surface area contributed by atoms with Gasteiger partial charge in [0.2, 0.25) is 0 Å². The lowest BCUT2D eigenvalue weighted by Crippen LogP contribution is -2.36. The third kappa shape index (κ3) is 1.90. The lowest BCUT2D eigenvalue weighted by Gasteiger charge is -2.28. The first kappa shape index (κ1) is 13.0. The molecule has 0 saturated heterocycles. The Bertz CT molecular complexity index is 472. The highest BCUT2D eigenvalue weighted by Gasteiger charge is 2.48. The average molecular weight is 252 g/mol. The Morgan fingerprint density at radius 1 is 1.56 bits per heavy atom. The average Bonchev–Trinajstić information content (AvgIpc) is 2.75. The fourth-order valence-electron chi connectivity index (χ4n) is 2.88. The van der Waals surface area contributed by atoms with Crippen molar-refractivity contribution >= 4 is 5.97 Å². The van der Waals surface area contributed by atoms with Crippen LogP contribution in [0, 0.1) is 12.7 Å². The van der Waals surface area contributed by atoms with E-state index in [2.05, 4.69) is 0 Å². The lowest BCUT2D eigenvalue weighted by atomic mass is 9.76. The minimum absolute atomic E-state index is 0.296. The minimum Gasteiger partial charge on any atom is -0.468 e. The molecule has 3 nitrogen and oxygen atoms in total. The number of hydrogen-bond acceptors (Lipinski definition) is 3. The van der Waals surface area contributed by atoms with Gasteiger partial charge < -0.3 is 9.84 Å². The van der Waals surface area contributed by atoms with Gasteiger partial charge in [-0.2, -0.15) is 0 Å². The number of benzene rings is 1. The van der Waals surface area contributed by atoms with Crippen LogP contribution in [0.1, 0.15) is 30.4 Å². The molecule has 1 aliphatic carbocycles. The summed E-state index contributed by atoms with van der Waals surface area (Å²) in [7, 11) is 1.32. The van der Waals surface area contributed by atoms with Crippen LogP contribution in [0.15, 0.2) is 18.2 Å². The second kappa shape index (κ2) is 4.69. The first-order chi connectivity index (χ1) is 8.51. The maximum Gasteiger partial charge on any atom is 0.316 e. The molecule has 2 unspecified atom stereocenters. The summed E-state index contributed by atoms with van der Waals surface area (Å²) >= 11 is 0. The molecule has 1 aromatic carbocycles. The molecule has 18 heavy (non-hydrogen) atoms. The van der Waals surface area contributed by atoms with Crippen LogP contribution in [0.5, 0.6) is 0 Å². The summed E-state index contributed by atoms with van der Waals surface area (Å²) in [5.41, 5.74) is 0.184. The van der Waals surface area contributed by atoms with Crippen molar-refractivity contribution in [2.75, 3.05) is 7.11 Å². The molecule has 2 rings (SSSR count). The molecule has 1 fully saturated rings. The van der Waals surface area contributed by atoms with E-state index in [4.69, 9.17) is 4.74 Å². The fraction of sp³-hybridized carbons (Fsp3) is 0.500. The number of carbonyl (C=O) groups is 1. The van der Waals surface area contributed by atoms with Gasteiger partial charge in [-0.1, -0.05) is 12.1 Å². The zero-order valence-corrected chi connectivity index (χ0v) is 10.6. The molecule has 2 atom stereocenters. The van der Waals surface area contributed by atoms with Crippen molar-refractivity contribution in [3.63, 3.8) is 0 Å². The Balaban J connectivity index is 2.54. The van der Waals surface area contributed by atoms with E-state index in [-0.39, 0.29) is 5.82 Å². The van der Waals surface area contributed by atoms with Crippen LogP contribution in [0.2, 0.25) is 0 Å². The Morgan fingerprint density at radius 3 is 2.83 bits per heavy atom. The highest BCUT2D eigenvalue weighted by atomic mass is 19.1. The summed E-state index contributed by atoms with van der Waals surface area (Å²) in [6.07, 6.45) is 0.784. The number of esters is 1. The highest BCUT2D eigenvalue weighted by Crippen LogP contribution is 2.43. The number of aliphatic hydroxyl groups is 1. The molecule has 1 N–H and O–H groups in total. The summed E-state index contributed by atoms with van der Waals surface area (Å²) in [6.45, 7) is 1.65. The van der Waals surface area contributed by atoms with Crippen molar-refractivity contribution in [3.8, 4) is 0 Å². The third-order valence-corrected chi connectivity index (χ3v) is 3.85. The highest BCUT2D eigenvalue weighted by molar-refractivity contribution is 5.84. The van der Waals surface area contributed by atoms with Crippen molar-refractivity contribution in [2.45, 2.75) is 37.7 Å². The summed E-state index contributed by atoms with van der Waals surface area (Å²) < 4.78 is 18.5. The number of hydrogen-bond donors (Lipinski definition) is 1. The van der Waals surface area contributed by atoms with Crippen LogP contribution in [-0.4, -0.2) is 24.3 Å². The number of halogens is 1. The summed E-state index contributed by atoms with van der Waals surface area (Å²) in [4.78, 5) is 12.1. The SMILES string of the molecule is COC(=O)C1(c2cccc(F)c2C)CCC(O)C1. The van der Waals surface area contributed by atoms with Crippen LogP contribution < -0.4 is 0 Å². The zero-order chi connectivity index (χ0) is 13.3. The smallest absolute Gasteiger partial charge is 0.316 e.